The Labute approximate surface area is 159 Å². The molecular formula is C19H28N4O2S. The van der Waals surface area contributed by atoms with E-state index in [0.29, 0.717) is 23.5 Å². The minimum Gasteiger partial charge on any atom is -0.461 e. The maximum absolute atomic E-state index is 12.6. The highest BCUT2D eigenvalue weighted by Gasteiger charge is 2.24. The highest BCUT2D eigenvalue weighted by atomic mass is 32.2. The van der Waals surface area contributed by atoms with Crippen LogP contribution in [0.4, 0.5) is 0 Å². The Morgan fingerprint density at radius 2 is 2.08 bits per heavy atom. The second kappa shape index (κ2) is 8.75. The van der Waals surface area contributed by atoms with Gasteiger partial charge < -0.3 is 9.73 Å². The van der Waals surface area contributed by atoms with E-state index >= 15 is 0 Å². The van der Waals surface area contributed by atoms with Crippen LogP contribution in [0.25, 0.3) is 11.6 Å². The monoisotopic (exact) mass is 376 g/mol. The summed E-state index contributed by atoms with van der Waals surface area (Å²) >= 11 is 1.46. The van der Waals surface area contributed by atoms with E-state index in [-0.39, 0.29) is 11.2 Å². The Morgan fingerprint density at radius 3 is 2.73 bits per heavy atom. The van der Waals surface area contributed by atoms with Gasteiger partial charge in [0, 0.05) is 12.6 Å². The second-order valence-electron chi connectivity index (χ2n) is 7.39. The number of furan rings is 1. The predicted octanol–water partition coefficient (Wildman–Crippen LogP) is 4.12. The standard InChI is InChI=1S/C19H28N4O2S/c1-13(2)12-23-17(16-10-7-11-25-16)21-22-19(23)26-14(3)18(24)20-15-8-5-4-6-9-15/h7,10-11,13-15H,4-6,8-9,12H2,1-3H3,(H,20,24). The molecule has 142 valence electrons. The number of carbonyl (C=O) groups excluding carboxylic acids is 1. The minimum atomic E-state index is -0.212. The summed E-state index contributed by atoms with van der Waals surface area (Å²) in [5, 5.41) is 12.4. The van der Waals surface area contributed by atoms with Crippen LogP contribution in [-0.2, 0) is 11.3 Å². The fourth-order valence-corrected chi connectivity index (χ4v) is 4.14. The molecule has 2 aromatic rings. The van der Waals surface area contributed by atoms with Gasteiger partial charge in [0.2, 0.25) is 5.91 Å². The Kier molecular flexibility index (Phi) is 6.40. The first-order chi connectivity index (χ1) is 12.5. The van der Waals surface area contributed by atoms with E-state index in [9.17, 15) is 4.79 Å². The molecule has 1 fully saturated rings. The van der Waals surface area contributed by atoms with E-state index in [1.54, 1.807) is 6.26 Å². The average Bonchev–Trinajstić information content (AvgIpc) is 3.26. The first-order valence-electron chi connectivity index (χ1n) is 9.48. The summed E-state index contributed by atoms with van der Waals surface area (Å²) in [6, 6.07) is 4.05. The Balaban J connectivity index is 1.70. The Hall–Kier alpha value is -1.76. The van der Waals surface area contributed by atoms with Crippen LogP contribution in [0.1, 0.15) is 52.9 Å². The van der Waals surface area contributed by atoms with Gasteiger partial charge in [-0.25, -0.2) is 0 Å². The van der Waals surface area contributed by atoms with Gasteiger partial charge in [0.05, 0.1) is 11.5 Å². The summed E-state index contributed by atoms with van der Waals surface area (Å²) in [6.45, 7) is 7.02. The van der Waals surface area contributed by atoms with Crippen molar-refractivity contribution in [3.05, 3.63) is 18.4 Å². The van der Waals surface area contributed by atoms with Crippen LogP contribution in [0.15, 0.2) is 28.0 Å². The average molecular weight is 377 g/mol. The van der Waals surface area contributed by atoms with Gasteiger partial charge in [-0.15, -0.1) is 10.2 Å². The SMILES string of the molecule is CC(C)Cn1c(SC(C)C(=O)NC2CCCCC2)nnc1-c1ccco1. The maximum atomic E-state index is 12.6. The molecule has 6 nitrogen and oxygen atoms in total. The number of amides is 1. The van der Waals surface area contributed by atoms with Crippen molar-refractivity contribution >= 4 is 17.7 Å². The molecule has 1 N–H and O–H groups in total. The minimum absolute atomic E-state index is 0.0838. The number of hydrogen-bond donors (Lipinski definition) is 1. The molecule has 0 aliphatic heterocycles. The molecule has 26 heavy (non-hydrogen) atoms. The third-order valence-electron chi connectivity index (χ3n) is 4.61. The highest BCUT2D eigenvalue weighted by molar-refractivity contribution is 8.00. The summed E-state index contributed by atoms with van der Waals surface area (Å²) < 4.78 is 7.55. The molecule has 1 unspecified atom stereocenters. The van der Waals surface area contributed by atoms with Crippen molar-refractivity contribution in [3.8, 4) is 11.6 Å². The van der Waals surface area contributed by atoms with Crippen LogP contribution in [-0.4, -0.2) is 32.0 Å². The number of carbonyl (C=O) groups is 1. The molecule has 7 heteroatoms. The molecule has 0 spiro atoms. The van der Waals surface area contributed by atoms with E-state index in [2.05, 4.69) is 33.9 Å². The summed E-state index contributed by atoms with van der Waals surface area (Å²) in [4.78, 5) is 12.6. The molecule has 1 saturated carbocycles. The molecule has 0 bridgehead atoms. The van der Waals surface area contributed by atoms with E-state index in [4.69, 9.17) is 4.42 Å². The predicted molar refractivity (Wildman–Crippen MR) is 103 cm³/mol. The van der Waals surface area contributed by atoms with Gasteiger partial charge >= 0.3 is 0 Å². The van der Waals surface area contributed by atoms with E-state index in [1.807, 2.05) is 19.1 Å². The van der Waals surface area contributed by atoms with Crippen molar-refractivity contribution < 1.29 is 9.21 Å². The number of aromatic nitrogens is 3. The topological polar surface area (TPSA) is 73.0 Å². The normalized spacial score (nSPS) is 16.8. The van der Waals surface area contributed by atoms with Crippen LogP contribution in [0.3, 0.4) is 0 Å². The largest absolute Gasteiger partial charge is 0.461 e. The fraction of sp³-hybridized carbons (Fsp3) is 0.632. The van der Waals surface area contributed by atoms with Crippen molar-refractivity contribution in [3.63, 3.8) is 0 Å². The Morgan fingerprint density at radius 1 is 1.31 bits per heavy atom. The molecule has 1 atom stereocenters. The molecule has 3 rings (SSSR count). The van der Waals surface area contributed by atoms with E-state index in [0.717, 1.165) is 24.5 Å². The lowest BCUT2D eigenvalue weighted by Crippen LogP contribution is -2.40. The number of hydrogen-bond acceptors (Lipinski definition) is 5. The molecule has 0 aromatic carbocycles. The molecular weight excluding hydrogens is 348 g/mol. The summed E-state index contributed by atoms with van der Waals surface area (Å²) in [6.07, 6.45) is 7.52. The van der Waals surface area contributed by atoms with Gasteiger partial charge in [0.1, 0.15) is 0 Å². The van der Waals surface area contributed by atoms with Gasteiger partial charge in [-0.05, 0) is 37.8 Å². The van der Waals surface area contributed by atoms with Gasteiger partial charge in [0.15, 0.2) is 16.7 Å². The van der Waals surface area contributed by atoms with Crippen molar-refractivity contribution in [1.29, 1.82) is 0 Å². The molecule has 0 radical (unpaired) electrons. The zero-order chi connectivity index (χ0) is 18.5. The van der Waals surface area contributed by atoms with Crippen molar-refractivity contribution in [2.75, 3.05) is 0 Å². The van der Waals surface area contributed by atoms with Crippen LogP contribution in [0, 0.1) is 5.92 Å². The number of nitrogens with one attached hydrogen (secondary N) is 1. The lowest BCUT2D eigenvalue weighted by molar-refractivity contribution is -0.121. The number of rotatable bonds is 7. The summed E-state index contributed by atoms with van der Waals surface area (Å²) in [5.74, 6) is 1.93. The molecule has 1 amide bonds. The first-order valence-corrected chi connectivity index (χ1v) is 10.4. The lowest BCUT2D eigenvalue weighted by atomic mass is 9.95. The first kappa shape index (κ1) is 19.0. The third kappa shape index (κ3) is 4.69. The van der Waals surface area contributed by atoms with Crippen LogP contribution in [0.5, 0.6) is 0 Å². The smallest absolute Gasteiger partial charge is 0.233 e. The van der Waals surface area contributed by atoms with E-state index < -0.39 is 0 Å². The molecule has 1 aliphatic carbocycles. The molecule has 2 heterocycles. The van der Waals surface area contributed by atoms with Crippen LogP contribution in [0.2, 0.25) is 0 Å². The second-order valence-corrected chi connectivity index (χ2v) is 8.70. The van der Waals surface area contributed by atoms with Gasteiger partial charge in [-0.3, -0.25) is 9.36 Å². The quantitative estimate of drug-likeness (QED) is 0.736. The van der Waals surface area contributed by atoms with Crippen molar-refractivity contribution in [1.82, 2.24) is 20.1 Å². The zero-order valence-electron chi connectivity index (χ0n) is 15.8. The van der Waals surface area contributed by atoms with Gasteiger partial charge in [-0.2, -0.15) is 0 Å². The molecule has 0 saturated heterocycles. The lowest BCUT2D eigenvalue weighted by Gasteiger charge is -2.24. The van der Waals surface area contributed by atoms with Gasteiger partial charge in [0.25, 0.3) is 0 Å². The number of thioether (sulfide) groups is 1. The summed E-state index contributed by atoms with van der Waals surface area (Å²) in [5.41, 5.74) is 0. The zero-order valence-corrected chi connectivity index (χ0v) is 16.6. The van der Waals surface area contributed by atoms with Crippen LogP contribution < -0.4 is 5.32 Å². The fourth-order valence-electron chi connectivity index (χ4n) is 3.27. The van der Waals surface area contributed by atoms with Crippen molar-refractivity contribution in [2.45, 2.75) is 75.9 Å². The summed E-state index contributed by atoms with van der Waals surface area (Å²) in [7, 11) is 0. The van der Waals surface area contributed by atoms with Crippen LogP contribution >= 0.6 is 11.8 Å². The van der Waals surface area contributed by atoms with Gasteiger partial charge in [-0.1, -0.05) is 44.9 Å². The highest BCUT2D eigenvalue weighted by Crippen LogP contribution is 2.28. The number of nitrogens with zero attached hydrogens (tertiary/aromatic N) is 3. The maximum Gasteiger partial charge on any atom is 0.233 e. The van der Waals surface area contributed by atoms with Crippen molar-refractivity contribution in [2.24, 2.45) is 5.92 Å². The third-order valence-corrected chi connectivity index (χ3v) is 5.69. The van der Waals surface area contributed by atoms with E-state index in [1.165, 1.54) is 31.0 Å². The molecule has 1 aliphatic rings. The molecule has 2 aromatic heterocycles. The Bertz CT molecular complexity index is 705.